The highest BCUT2D eigenvalue weighted by atomic mass is 32.2. The van der Waals surface area contributed by atoms with Crippen LogP contribution in [0.3, 0.4) is 0 Å². The number of hydrogen-bond acceptors (Lipinski definition) is 3. The van der Waals surface area contributed by atoms with Gasteiger partial charge in [-0.15, -0.1) is 0 Å². The van der Waals surface area contributed by atoms with Gasteiger partial charge in [-0.2, -0.15) is 0 Å². The van der Waals surface area contributed by atoms with E-state index in [1.807, 2.05) is 51.1 Å². The molecule has 0 unspecified atom stereocenters. The molecule has 0 radical (unpaired) electrons. The van der Waals surface area contributed by atoms with Gasteiger partial charge in [0, 0.05) is 12.1 Å². The summed E-state index contributed by atoms with van der Waals surface area (Å²) in [6, 6.07) is 13.0. The summed E-state index contributed by atoms with van der Waals surface area (Å²) in [7, 11) is -3.46. The van der Waals surface area contributed by atoms with E-state index in [0.717, 1.165) is 23.1 Å². The number of benzene rings is 2. The second-order valence-corrected chi connectivity index (χ2v) is 8.30. The van der Waals surface area contributed by atoms with Gasteiger partial charge < -0.3 is 5.32 Å². The summed E-state index contributed by atoms with van der Waals surface area (Å²) < 4.78 is 26.1. The van der Waals surface area contributed by atoms with Crippen LogP contribution in [0.4, 0.5) is 5.69 Å². The molecule has 0 aromatic heterocycles. The molecule has 5 nitrogen and oxygen atoms in total. The van der Waals surface area contributed by atoms with Crippen molar-refractivity contribution in [2.75, 3.05) is 23.7 Å². The highest BCUT2D eigenvalue weighted by Crippen LogP contribution is 2.27. The van der Waals surface area contributed by atoms with Gasteiger partial charge >= 0.3 is 0 Å². The molecule has 0 fully saturated rings. The molecule has 0 aliphatic carbocycles. The number of sulfonamides is 1. The molecule has 2 aromatic rings. The molecular formula is C20H26N2O3S. The molecule has 0 bridgehead atoms. The van der Waals surface area contributed by atoms with Gasteiger partial charge in [0.05, 0.1) is 18.5 Å². The van der Waals surface area contributed by atoms with Crippen LogP contribution < -0.4 is 9.62 Å². The van der Waals surface area contributed by atoms with Crippen molar-refractivity contribution < 1.29 is 13.2 Å². The van der Waals surface area contributed by atoms with E-state index in [2.05, 4.69) is 5.32 Å². The molecular weight excluding hydrogens is 348 g/mol. The van der Waals surface area contributed by atoms with Gasteiger partial charge in [-0.05, 0) is 43.5 Å². The average Bonchev–Trinajstić information content (AvgIpc) is 2.58. The maximum atomic E-state index is 12.3. The topological polar surface area (TPSA) is 66.5 Å². The Morgan fingerprint density at radius 3 is 2.31 bits per heavy atom. The second kappa shape index (κ2) is 8.36. The summed E-state index contributed by atoms with van der Waals surface area (Å²) in [4.78, 5) is 12.2. The number of carbonyl (C=O) groups is 1. The Kier molecular flexibility index (Phi) is 6.42. The standard InChI is InChI=1S/C20H26N2O3S/c1-5-17-8-6-7-16(3)19(17)22(26(4,24)25)14-13-21-20(23)18-11-9-15(2)10-12-18/h6-12H,5,13-14H2,1-4H3,(H,21,23). The Morgan fingerprint density at radius 1 is 1.08 bits per heavy atom. The quantitative estimate of drug-likeness (QED) is 0.810. The van der Waals surface area contributed by atoms with Crippen LogP contribution in [0, 0.1) is 13.8 Å². The Labute approximate surface area is 156 Å². The molecule has 140 valence electrons. The molecule has 1 N–H and O–H groups in total. The lowest BCUT2D eigenvalue weighted by atomic mass is 10.1. The molecule has 2 aromatic carbocycles. The maximum Gasteiger partial charge on any atom is 0.251 e. The average molecular weight is 375 g/mol. The van der Waals surface area contributed by atoms with E-state index < -0.39 is 10.0 Å². The Hall–Kier alpha value is -2.34. The van der Waals surface area contributed by atoms with Crippen LogP contribution >= 0.6 is 0 Å². The summed E-state index contributed by atoms with van der Waals surface area (Å²) in [5.74, 6) is -0.209. The zero-order valence-electron chi connectivity index (χ0n) is 15.7. The molecule has 0 spiro atoms. The van der Waals surface area contributed by atoms with Gasteiger partial charge in [-0.25, -0.2) is 8.42 Å². The third-order valence-corrected chi connectivity index (χ3v) is 5.43. The fourth-order valence-corrected chi connectivity index (χ4v) is 3.90. The predicted molar refractivity (Wildman–Crippen MR) is 106 cm³/mol. The summed E-state index contributed by atoms with van der Waals surface area (Å²) in [5, 5.41) is 2.80. The van der Waals surface area contributed by atoms with Gasteiger partial charge in [-0.3, -0.25) is 9.10 Å². The van der Waals surface area contributed by atoms with E-state index >= 15 is 0 Å². The van der Waals surface area contributed by atoms with Gasteiger partial charge in [0.15, 0.2) is 0 Å². The maximum absolute atomic E-state index is 12.3. The first kappa shape index (κ1) is 20.0. The van der Waals surface area contributed by atoms with Crippen LogP contribution in [-0.2, 0) is 16.4 Å². The highest BCUT2D eigenvalue weighted by Gasteiger charge is 2.21. The van der Waals surface area contributed by atoms with E-state index in [1.165, 1.54) is 10.6 Å². The number of aryl methyl sites for hydroxylation is 3. The van der Waals surface area contributed by atoms with Crippen LogP contribution in [0.5, 0.6) is 0 Å². The molecule has 0 atom stereocenters. The lowest BCUT2D eigenvalue weighted by Gasteiger charge is -2.26. The largest absolute Gasteiger partial charge is 0.350 e. The van der Waals surface area contributed by atoms with E-state index in [9.17, 15) is 13.2 Å². The smallest absolute Gasteiger partial charge is 0.251 e. The SMILES string of the molecule is CCc1cccc(C)c1N(CCNC(=O)c1ccc(C)cc1)S(C)(=O)=O. The monoisotopic (exact) mass is 374 g/mol. The Balaban J connectivity index is 2.16. The minimum absolute atomic E-state index is 0.189. The Bertz CT molecular complexity index is 874. The molecule has 0 saturated carbocycles. The van der Waals surface area contributed by atoms with Gasteiger partial charge in [-0.1, -0.05) is 42.8 Å². The molecule has 0 aliphatic heterocycles. The molecule has 26 heavy (non-hydrogen) atoms. The van der Waals surface area contributed by atoms with Crippen molar-refractivity contribution in [3.8, 4) is 0 Å². The number of para-hydroxylation sites is 1. The van der Waals surface area contributed by atoms with E-state index in [1.54, 1.807) is 12.1 Å². The first-order valence-corrected chi connectivity index (χ1v) is 10.5. The predicted octanol–water partition coefficient (Wildman–Crippen LogP) is 3.06. The second-order valence-electron chi connectivity index (χ2n) is 6.39. The van der Waals surface area contributed by atoms with Crippen molar-refractivity contribution in [2.45, 2.75) is 27.2 Å². The minimum Gasteiger partial charge on any atom is -0.350 e. The zero-order valence-corrected chi connectivity index (χ0v) is 16.6. The molecule has 2 rings (SSSR count). The molecule has 1 amide bonds. The fraction of sp³-hybridized carbons (Fsp3) is 0.350. The normalized spacial score (nSPS) is 11.2. The molecule has 0 heterocycles. The number of nitrogens with zero attached hydrogens (tertiary/aromatic N) is 1. The third kappa shape index (κ3) is 4.85. The number of nitrogens with one attached hydrogen (secondary N) is 1. The lowest BCUT2D eigenvalue weighted by molar-refractivity contribution is 0.0955. The number of rotatable bonds is 7. The van der Waals surface area contributed by atoms with Crippen molar-refractivity contribution in [1.82, 2.24) is 5.32 Å². The summed E-state index contributed by atoms with van der Waals surface area (Å²) >= 11 is 0. The van der Waals surface area contributed by atoms with Crippen molar-refractivity contribution in [3.63, 3.8) is 0 Å². The summed E-state index contributed by atoms with van der Waals surface area (Å²) in [5.41, 5.74) is 4.23. The Morgan fingerprint density at radius 2 is 1.73 bits per heavy atom. The first-order chi connectivity index (χ1) is 12.2. The van der Waals surface area contributed by atoms with Crippen molar-refractivity contribution in [2.24, 2.45) is 0 Å². The van der Waals surface area contributed by atoms with E-state index in [4.69, 9.17) is 0 Å². The third-order valence-electron chi connectivity index (χ3n) is 4.27. The number of amides is 1. The van der Waals surface area contributed by atoms with E-state index in [-0.39, 0.29) is 19.0 Å². The van der Waals surface area contributed by atoms with Gasteiger partial charge in [0.25, 0.3) is 5.91 Å². The summed E-state index contributed by atoms with van der Waals surface area (Å²) in [6.45, 7) is 6.28. The van der Waals surface area contributed by atoms with Crippen LogP contribution in [0.15, 0.2) is 42.5 Å². The lowest BCUT2D eigenvalue weighted by Crippen LogP contribution is -2.39. The number of hydrogen-bond donors (Lipinski definition) is 1. The highest BCUT2D eigenvalue weighted by molar-refractivity contribution is 7.92. The van der Waals surface area contributed by atoms with Crippen molar-refractivity contribution in [3.05, 3.63) is 64.7 Å². The van der Waals surface area contributed by atoms with Crippen molar-refractivity contribution >= 4 is 21.6 Å². The van der Waals surface area contributed by atoms with Crippen LogP contribution in [0.2, 0.25) is 0 Å². The first-order valence-electron chi connectivity index (χ1n) is 8.65. The molecule has 6 heteroatoms. The molecule has 0 saturated heterocycles. The number of anilines is 1. The van der Waals surface area contributed by atoms with Crippen molar-refractivity contribution in [1.29, 1.82) is 0 Å². The zero-order chi connectivity index (χ0) is 19.3. The van der Waals surface area contributed by atoms with Crippen LogP contribution in [0.1, 0.15) is 34.0 Å². The van der Waals surface area contributed by atoms with Crippen LogP contribution in [-0.4, -0.2) is 33.7 Å². The minimum atomic E-state index is -3.46. The van der Waals surface area contributed by atoms with Gasteiger partial charge in [0.2, 0.25) is 10.0 Å². The fourth-order valence-electron chi connectivity index (χ4n) is 2.88. The van der Waals surface area contributed by atoms with Crippen LogP contribution in [0.25, 0.3) is 0 Å². The van der Waals surface area contributed by atoms with E-state index in [0.29, 0.717) is 11.3 Å². The molecule has 0 aliphatic rings. The summed E-state index contributed by atoms with van der Waals surface area (Å²) in [6.07, 6.45) is 1.93. The van der Waals surface area contributed by atoms with Gasteiger partial charge in [0.1, 0.15) is 0 Å². The number of carbonyl (C=O) groups excluding carboxylic acids is 1.